The van der Waals surface area contributed by atoms with E-state index in [0.29, 0.717) is 6.54 Å². The summed E-state index contributed by atoms with van der Waals surface area (Å²) in [6, 6.07) is 16.0. The molecule has 0 heterocycles. The van der Waals surface area contributed by atoms with Crippen molar-refractivity contribution in [2.75, 3.05) is 6.54 Å². The summed E-state index contributed by atoms with van der Waals surface area (Å²) in [5, 5.41) is 2.96. The number of benzene rings is 2. The summed E-state index contributed by atoms with van der Waals surface area (Å²) >= 11 is 0. The van der Waals surface area contributed by atoms with Crippen LogP contribution in [0.5, 0.6) is 11.5 Å². The zero-order valence-electron chi connectivity index (χ0n) is 16.8. The lowest BCUT2D eigenvalue weighted by atomic mass is 10.1. The quantitative estimate of drug-likeness (QED) is 0.625. The van der Waals surface area contributed by atoms with Gasteiger partial charge >= 0.3 is 0 Å². The maximum atomic E-state index is 12.3. The third-order valence-corrected chi connectivity index (χ3v) is 4.26. The maximum Gasteiger partial charge on any atom is 0.260 e. The first-order chi connectivity index (χ1) is 13.0. The van der Waals surface area contributed by atoms with Gasteiger partial charge in [0.2, 0.25) is 0 Å². The molecule has 0 saturated heterocycles. The molecule has 1 N–H and O–H groups in total. The molecule has 146 valence electrons. The van der Waals surface area contributed by atoms with Crippen LogP contribution in [-0.4, -0.2) is 24.7 Å². The van der Waals surface area contributed by atoms with Crippen molar-refractivity contribution < 1.29 is 14.3 Å². The highest BCUT2D eigenvalue weighted by Gasteiger charge is 2.15. The van der Waals surface area contributed by atoms with Crippen molar-refractivity contribution in [1.82, 2.24) is 5.32 Å². The molecule has 0 aliphatic carbocycles. The van der Waals surface area contributed by atoms with Crippen LogP contribution in [0.15, 0.2) is 48.5 Å². The van der Waals surface area contributed by atoms with Gasteiger partial charge in [-0.2, -0.15) is 0 Å². The van der Waals surface area contributed by atoms with Crippen LogP contribution in [0.4, 0.5) is 0 Å². The minimum atomic E-state index is -0.509. The fraction of sp³-hybridized carbons (Fsp3) is 0.435. The van der Waals surface area contributed by atoms with E-state index in [2.05, 4.69) is 24.4 Å². The molecule has 0 aliphatic rings. The number of rotatable bonds is 10. The molecule has 0 aromatic heterocycles. The number of carbonyl (C=O) groups is 1. The summed E-state index contributed by atoms with van der Waals surface area (Å²) in [7, 11) is 0. The smallest absolute Gasteiger partial charge is 0.260 e. The summed E-state index contributed by atoms with van der Waals surface area (Å²) < 4.78 is 11.5. The lowest BCUT2D eigenvalue weighted by Crippen LogP contribution is -2.37. The molecular formula is C23H31NO3. The predicted molar refractivity (Wildman–Crippen MR) is 109 cm³/mol. The van der Waals surface area contributed by atoms with Gasteiger partial charge in [0.15, 0.2) is 6.10 Å². The first-order valence-electron chi connectivity index (χ1n) is 9.77. The third-order valence-electron chi connectivity index (χ3n) is 4.26. The normalized spacial score (nSPS) is 11.9. The predicted octanol–water partition coefficient (Wildman–Crippen LogP) is 4.55. The van der Waals surface area contributed by atoms with Crippen molar-refractivity contribution in [3.8, 4) is 11.5 Å². The number of hydrogen-bond donors (Lipinski definition) is 1. The zero-order valence-corrected chi connectivity index (χ0v) is 16.8. The molecule has 0 fully saturated rings. The Morgan fingerprint density at radius 1 is 1.00 bits per heavy atom. The number of para-hydroxylation sites is 1. The molecule has 4 nitrogen and oxygen atoms in total. The van der Waals surface area contributed by atoms with Gasteiger partial charge in [0, 0.05) is 6.54 Å². The Hall–Kier alpha value is -2.49. The third kappa shape index (κ3) is 6.97. The summed E-state index contributed by atoms with van der Waals surface area (Å²) in [6.45, 7) is 8.53. The van der Waals surface area contributed by atoms with Crippen molar-refractivity contribution in [2.45, 2.75) is 59.2 Å². The summed E-state index contributed by atoms with van der Waals surface area (Å²) in [5.74, 6) is 1.59. The van der Waals surface area contributed by atoms with E-state index in [9.17, 15) is 4.79 Å². The van der Waals surface area contributed by atoms with Gasteiger partial charge in [-0.3, -0.25) is 4.79 Å². The van der Waals surface area contributed by atoms with Crippen LogP contribution in [-0.2, 0) is 17.6 Å². The molecule has 4 heteroatoms. The molecule has 0 aliphatic heterocycles. The lowest BCUT2D eigenvalue weighted by Gasteiger charge is -2.17. The number of hydrogen-bond acceptors (Lipinski definition) is 3. The average molecular weight is 370 g/mol. The molecule has 2 aromatic rings. The molecule has 2 rings (SSSR count). The van der Waals surface area contributed by atoms with Gasteiger partial charge in [0.05, 0.1) is 6.10 Å². The molecule has 0 unspecified atom stereocenters. The van der Waals surface area contributed by atoms with Crippen LogP contribution in [0, 0.1) is 0 Å². The van der Waals surface area contributed by atoms with E-state index < -0.39 is 6.10 Å². The molecule has 0 bridgehead atoms. The Balaban J connectivity index is 1.72. The minimum absolute atomic E-state index is 0.0819. The Labute approximate surface area is 162 Å². The highest BCUT2D eigenvalue weighted by atomic mass is 16.5. The van der Waals surface area contributed by atoms with E-state index in [4.69, 9.17) is 9.47 Å². The molecular weight excluding hydrogens is 338 g/mol. The average Bonchev–Trinajstić information content (AvgIpc) is 2.66. The molecule has 1 atom stereocenters. The number of aryl methyl sites for hydroxylation is 2. The van der Waals surface area contributed by atoms with E-state index in [0.717, 1.165) is 36.3 Å². The van der Waals surface area contributed by atoms with Crippen molar-refractivity contribution in [2.24, 2.45) is 0 Å². The van der Waals surface area contributed by atoms with Gasteiger partial charge in [0.25, 0.3) is 5.91 Å². The maximum absolute atomic E-state index is 12.3. The van der Waals surface area contributed by atoms with E-state index in [1.807, 2.05) is 50.2 Å². The standard InChI is InChI=1S/C23H31NO3/c1-5-20-10-6-7-11-22(20)27-18(4)23(25)24-16-8-9-19-12-14-21(15-13-19)26-17(2)3/h6-7,10-15,17-18H,5,8-9,16H2,1-4H3,(H,24,25)/t18-/m1/s1. The van der Waals surface area contributed by atoms with Gasteiger partial charge in [-0.25, -0.2) is 0 Å². The van der Waals surface area contributed by atoms with Crippen molar-refractivity contribution in [1.29, 1.82) is 0 Å². The second kappa shape index (κ2) is 10.6. The van der Waals surface area contributed by atoms with Crippen molar-refractivity contribution in [3.05, 3.63) is 59.7 Å². The Kier molecular flexibility index (Phi) is 8.18. The van der Waals surface area contributed by atoms with Crippen molar-refractivity contribution >= 4 is 5.91 Å². The van der Waals surface area contributed by atoms with Gasteiger partial charge < -0.3 is 14.8 Å². The summed E-state index contributed by atoms with van der Waals surface area (Å²) in [5.41, 5.74) is 2.35. The molecule has 27 heavy (non-hydrogen) atoms. The SMILES string of the molecule is CCc1ccccc1O[C@H](C)C(=O)NCCCc1ccc(OC(C)C)cc1. The monoisotopic (exact) mass is 369 g/mol. The van der Waals surface area contributed by atoms with E-state index in [-0.39, 0.29) is 12.0 Å². The first-order valence-corrected chi connectivity index (χ1v) is 9.77. The van der Waals surface area contributed by atoms with Crippen LogP contribution >= 0.6 is 0 Å². The Morgan fingerprint density at radius 2 is 1.70 bits per heavy atom. The topological polar surface area (TPSA) is 47.6 Å². The largest absolute Gasteiger partial charge is 0.491 e. The second-order valence-electron chi connectivity index (χ2n) is 6.93. The first kappa shape index (κ1) is 20.8. The van der Waals surface area contributed by atoms with Gasteiger partial charge in [0.1, 0.15) is 11.5 Å². The fourth-order valence-electron chi connectivity index (χ4n) is 2.81. The highest BCUT2D eigenvalue weighted by Crippen LogP contribution is 2.19. The van der Waals surface area contributed by atoms with Gasteiger partial charge in [-0.1, -0.05) is 37.3 Å². The number of ether oxygens (including phenoxy) is 2. The van der Waals surface area contributed by atoms with Crippen molar-refractivity contribution in [3.63, 3.8) is 0 Å². The van der Waals surface area contributed by atoms with Crippen LogP contribution in [0.3, 0.4) is 0 Å². The number of carbonyl (C=O) groups excluding carboxylic acids is 1. The lowest BCUT2D eigenvalue weighted by molar-refractivity contribution is -0.127. The Morgan fingerprint density at radius 3 is 2.37 bits per heavy atom. The molecule has 0 spiro atoms. The van der Waals surface area contributed by atoms with E-state index in [1.54, 1.807) is 6.92 Å². The summed E-state index contributed by atoms with van der Waals surface area (Å²) in [4.78, 5) is 12.3. The zero-order chi connectivity index (χ0) is 19.6. The highest BCUT2D eigenvalue weighted by molar-refractivity contribution is 5.80. The van der Waals surface area contributed by atoms with E-state index >= 15 is 0 Å². The van der Waals surface area contributed by atoms with Crippen LogP contribution in [0.2, 0.25) is 0 Å². The van der Waals surface area contributed by atoms with Crippen LogP contribution in [0.25, 0.3) is 0 Å². The minimum Gasteiger partial charge on any atom is -0.491 e. The summed E-state index contributed by atoms with van der Waals surface area (Å²) in [6.07, 6.45) is 2.35. The number of nitrogens with one attached hydrogen (secondary N) is 1. The second-order valence-corrected chi connectivity index (χ2v) is 6.93. The molecule has 2 aromatic carbocycles. The fourth-order valence-corrected chi connectivity index (χ4v) is 2.81. The molecule has 0 saturated carbocycles. The van der Waals surface area contributed by atoms with Crippen LogP contribution in [0.1, 0.15) is 45.2 Å². The Bertz CT molecular complexity index is 710. The molecule has 1 amide bonds. The molecule has 0 radical (unpaired) electrons. The number of amides is 1. The van der Waals surface area contributed by atoms with Gasteiger partial charge in [-0.15, -0.1) is 0 Å². The van der Waals surface area contributed by atoms with E-state index in [1.165, 1.54) is 5.56 Å². The van der Waals surface area contributed by atoms with Crippen LogP contribution < -0.4 is 14.8 Å². The van der Waals surface area contributed by atoms with Gasteiger partial charge in [-0.05, 0) is 69.4 Å².